The molecule has 142 valence electrons. The van der Waals surface area contributed by atoms with Crippen molar-refractivity contribution in [1.29, 1.82) is 0 Å². The molecule has 0 unspecified atom stereocenters. The zero-order valence-electron chi connectivity index (χ0n) is 15.3. The molecule has 0 spiro atoms. The molecule has 7 heteroatoms. The first kappa shape index (κ1) is 16.9. The average Bonchev–Trinajstić information content (AvgIpc) is 3.43. The molecule has 2 aliphatic heterocycles. The normalized spacial score (nSPS) is 23.7. The van der Waals surface area contributed by atoms with Gasteiger partial charge in [0.15, 0.2) is 0 Å². The fourth-order valence-corrected chi connectivity index (χ4v) is 4.08. The van der Waals surface area contributed by atoms with Crippen LogP contribution < -0.4 is 4.74 Å². The van der Waals surface area contributed by atoms with Crippen molar-refractivity contribution in [2.75, 3.05) is 13.7 Å². The molecule has 0 bridgehead atoms. The molecule has 1 aromatic heterocycles. The minimum atomic E-state index is -1.23. The third-order valence-corrected chi connectivity index (χ3v) is 5.51. The zero-order valence-corrected chi connectivity index (χ0v) is 15.3. The van der Waals surface area contributed by atoms with Crippen molar-refractivity contribution >= 4 is 5.91 Å². The molecule has 3 heterocycles. The van der Waals surface area contributed by atoms with E-state index in [1.165, 1.54) is 0 Å². The Balaban J connectivity index is 1.52. The van der Waals surface area contributed by atoms with Crippen molar-refractivity contribution in [1.82, 2.24) is 15.0 Å². The van der Waals surface area contributed by atoms with Crippen LogP contribution in [0, 0.1) is 0 Å². The second kappa shape index (κ2) is 6.45. The zero-order chi connectivity index (χ0) is 19.3. The summed E-state index contributed by atoms with van der Waals surface area (Å²) in [5, 5.41) is 14.7. The molecule has 2 aliphatic rings. The molecule has 28 heavy (non-hydrogen) atoms. The van der Waals surface area contributed by atoms with Crippen LogP contribution in [0.5, 0.6) is 5.75 Å². The Hall–Kier alpha value is -3.19. The van der Waals surface area contributed by atoms with Gasteiger partial charge in [-0.2, -0.15) is 4.98 Å². The summed E-state index contributed by atoms with van der Waals surface area (Å²) in [6, 6.07) is 15.0. The standard InChI is InChI=1S/C21H19N3O4/c1-24-17(12-5-3-2-4-6-12)16(18(25)21(24)26)20-22-19(23-28-20)14-7-8-15-13(11-14)9-10-27-15/h2-8,11,16-18,25H,9-10H2,1H3/t16-,17-,18-/m1/s1. The summed E-state index contributed by atoms with van der Waals surface area (Å²) < 4.78 is 11.0. The van der Waals surface area contributed by atoms with Crippen molar-refractivity contribution in [2.45, 2.75) is 24.5 Å². The molecule has 0 radical (unpaired) electrons. The number of amides is 1. The van der Waals surface area contributed by atoms with Crippen LogP contribution in [0.2, 0.25) is 0 Å². The number of aromatic nitrogens is 2. The number of carbonyl (C=O) groups is 1. The number of hydrogen-bond donors (Lipinski definition) is 1. The number of rotatable bonds is 3. The molecule has 1 saturated heterocycles. The van der Waals surface area contributed by atoms with Gasteiger partial charge in [-0.15, -0.1) is 0 Å². The molecule has 5 rings (SSSR count). The number of carbonyl (C=O) groups excluding carboxylic acids is 1. The monoisotopic (exact) mass is 377 g/mol. The number of fused-ring (bicyclic) bond motifs is 1. The highest BCUT2D eigenvalue weighted by molar-refractivity contribution is 5.85. The first-order valence-electron chi connectivity index (χ1n) is 9.23. The maximum absolute atomic E-state index is 12.4. The lowest BCUT2D eigenvalue weighted by Gasteiger charge is -2.23. The Kier molecular flexibility index (Phi) is 3.91. The maximum Gasteiger partial charge on any atom is 0.252 e. The van der Waals surface area contributed by atoms with E-state index >= 15 is 0 Å². The van der Waals surface area contributed by atoms with Gasteiger partial charge in [0, 0.05) is 19.0 Å². The molecule has 7 nitrogen and oxygen atoms in total. The highest BCUT2D eigenvalue weighted by atomic mass is 16.5. The Morgan fingerprint density at radius 3 is 2.82 bits per heavy atom. The largest absolute Gasteiger partial charge is 0.493 e. The predicted octanol–water partition coefficient (Wildman–Crippen LogP) is 2.33. The summed E-state index contributed by atoms with van der Waals surface area (Å²) in [5.74, 6) is 0.596. The third kappa shape index (κ3) is 2.58. The van der Waals surface area contributed by atoms with Crippen LogP contribution in [0.15, 0.2) is 53.1 Å². The maximum atomic E-state index is 12.4. The van der Waals surface area contributed by atoms with Gasteiger partial charge in [0.2, 0.25) is 11.7 Å². The molecular weight excluding hydrogens is 358 g/mol. The van der Waals surface area contributed by atoms with Gasteiger partial charge in [-0.3, -0.25) is 4.79 Å². The van der Waals surface area contributed by atoms with Crippen LogP contribution in [0.25, 0.3) is 11.4 Å². The smallest absolute Gasteiger partial charge is 0.252 e. The van der Waals surface area contributed by atoms with Crippen LogP contribution in [0.4, 0.5) is 0 Å². The van der Waals surface area contributed by atoms with Gasteiger partial charge in [-0.05, 0) is 29.3 Å². The lowest BCUT2D eigenvalue weighted by molar-refractivity contribution is -0.134. The van der Waals surface area contributed by atoms with Gasteiger partial charge < -0.3 is 19.3 Å². The van der Waals surface area contributed by atoms with E-state index in [-0.39, 0.29) is 17.8 Å². The number of aliphatic hydroxyl groups excluding tert-OH is 1. The molecule has 1 fully saturated rings. The van der Waals surface area contributed by atoms with Crippen molar-refractivity contribution in [3.05, 3.63) is 65.5 Å². The van der Waals surface area contributed by atoms with E-state index in [1.54, 1.807) is 11.9 Å². The molecule has 1 amide bonds. The fraction of sp³-hybridized carbons (Fsp3) is 0.286. The summed E-state index contributed by atoms with van der Waals surface area (Å²) in [6.45, 7) is 0.678. The number of ether oxygens (including phenoxy) is 1. The van der Waals surface area contributed by atoms with Gasteiger partial charge in [0.25, 0.3) is 5.91 Å². The summed E-state index contributed by atoms with van der Waals surface area (Å²) in [5.41, 5.74) is 2.85. The minimum absolute atomic E-state index is 0.255. The summed E-state index contributed by atoms with van der Waals surface area (Å²) in [6.07, 6.45) is -0.373. The number of aliphatic hydroxyl groups is 1. The quantitative estimate of drug-likeness (QED) is 0.754. The van der Waals surface area contributed by atoms with Crippen LogP contribution in [-0.2, 0) is 11.2 Å². The highest BCUT2D eigenvalue weighted by Gasteiger charge is 2.49. The van der Waals surface area contributed by atoms with E-state index in [9.17, 15) is 9.90 Å². The van der Waals surface area contributed by atoms with E-state index in [0.29, 0.717) is 12.4 Å². The molecule has 0 aliphatic carbocycles. The molecule has 0 saturated carbocycles. The number of likely N-dealkylation sites (tertiary alicyclic amines) is 1. The van der Waals surface area contributed by atoms with Gasteiger partial charge in [0.1, 0.15) is 11.9 Å². The Morgan fingerprint density at radius 1 is 1.18 bits per heavy atom. The average molecular weight is 377 g/mol. The molecule has 1 N–H and O–H groups in total. The Labute approximate surface area is 161 Å². The van der Waals surface area contributed by atoms with E-state index in [1.807, 2.05) is 48.5 Å². The number of likely N-dealkylation sites (N-methyl/N-ethyl adjacent to an activating group) is 1. The minimum Gasteiger partial charge on any atom is -0.493 e. The molecule has 2 aromatic carbocycles. The first-order chi connectivity index (χ1) is 13.6. The van der Waals surface area contributed by atoms with E-state index in [0.717, 1.165) is 28.9 Å². The van der Waals surface area contributed by atoms with Crippen LogP contribution >= 0.6 is 0 Å². The summed E-state index contributed by atoms with van der Waals surface area (Å²) >= 11 is 0. The summed E-state index contributed by atoms with van der Waals surface area (Å²) in [7, 11) is 1.68. The van der Waals surface area contributed by atoms with Crippen LogP contribution in [0.1, 0.15) is 29.0 Å². The van der Waals surface area contributed by atoms with Crippen LogP contribution in [-0.4, -0.2) is 45.8 Å². The molecule has 3 atom stereocenters. The van der Waals surface area contributed by atoms with Gasteiger partial charge in [-0.1, -0.05) is 35.5 Å². The fourth-order valence-electron chi connectivity index (χ4n) is 4.08. The predicted molar refractivity (Wildman–Crippen MR) is 99.6 cm³/mol. The molecular formula is C21H19N3O4. The van der Waals surface area contributed by atoms with Gasteiger partial charge in [-0.25, -0.2) is 0 Å². The lowest BCUT2D eigenvalue weighted by atomic mass is 9.92. The topological polar surface area (TPSA) is 88.7 Å². The van der Waals surface area contributed by atoms with Crippen molar-refractivity contribution in [3.8, 4) is 17.1 Å². The molecule has 3 aromatic rings. The van der Waals surface area contributed by atoms with Gasteiger partial charge in [0.05, 0.1) is 18.6 Å². The lowest BCUT2D eigenvalue weighted by Crippen LogP contribution is -2.26. The number of nitrogens with zero attached hydrogens (tertiary/aromatic N) is 3. The van der Waals surface area contributed by atoms with E-state index in [4.69, 9.17) is 9.26 Å². The second-order valence-corrected chi connectivity index (χ2v) is 7.15. The number of benzene rings is 2. The third-order valence-electron chi connectivity index (χ3n) is 5.51. The Morgan fingerprint density at radius 2 is 2.00 bits per heavy atom. The Bertz CT molecular complexity index is 1030. The van der Waals surface area contributed by atoms with E-state index in [2.05, 4.69) is 10.1 Å². The SMILES string of the molecule is CN1C(=O)[C@H](O)[C@H](c2nc(-c3ccc4c(c3)CCO4)no2)[C@H]1c1ccccc1. The number of hydrogen-bond acceptors (Lipinski definition) is 6. The highest BCUT2D eigenvalue weighted by Crippen LogP contribution is 2.43. The van der Waals surface area contributed by atoms with E-state index < -0.39 is 12.0 Å². The first-order valence-corrected chi connectivity index (χ1v) is 9.23. The van der Waals surface area contributed by atoms with Crippen molar-refractivity contribution < 1.29 is 19.2 Å². The summed E-state index contributed by atoms with van der Waals surface area (Å²) in [4.78, 5) is 18.5. The van der Waals surface area contributed by atoms with Crippen LogP contribution in [0.3, 0.4) is 0 Å². The van der Waals surface area contributed by atoms with Gasteiger partial charge >= 0.3 is 0 Å². The van der Waals surface area contributed by atoms with Crippen molar-refractivity contribution in [3.63, 3.8) is 0 Å². The second-order valence-electron chi connectivity index (χ2n) is 7.15. The van der Waals surface area contributed by atoms with Crippen molar-refractivity contribution in [2.24, 2.45) is 0 Å².